The van der Waals surface area contributed by atoms with Crippen molar-refractivity contribution in [3.8, 4) is 85.6 Å². The molecule has 10 aromatic carbocycles. The van der Waals surface area contributed by atoms with Crippen molar-refractivity contribution < 1.29 is 9.59 Å². The van der Waals surface area contributed by atoms with E-state index in [0.717, 1.165) is 71.9 Å². The third-order valence-electron chi connectivity index (χ3n) is 15.8. The minimum Gasteiger partial charge on any atom is -0.347 e. The van der Waals surface area contributed by atoms with Gasteiger partial charge in [-0.15, -0.1) is 0 Å². The first kappa shape index (κ1) is 55.3. The molecular formula is C76H55N7O2. The molecular weight excluding hydrogens is 1040 g/mol. The van der Waals surface area contributed by atoms with E-state index in [1.165, 1.54) is 32.6 Å². The second-order valence-electron chi connectivity index (χ2n) is 20.8. The molecule has 13 rings (SSSR count). The molecule has 0 unspecified atom stereocenters. The van der Waals surface area contributed by atoms with Gasteiger partial charge in [-0.25, -0.2) is 4.90 Å². The first-order valence-corrected chi connectivity index (χ1v) is 28.0. The molecule has 0 atom stereocenters. The molecule has 85 heavy (non-hydrogen) atoms. The fourth-order valence-electron chi connectivity index (χ4n) is 11.7. The number of imide groups is 1. The second-order valence-corrected chi connectivity index (χ2v) is 20.8. The van der Waals surface area contributed by atoms with Gasteiger partial charge in [0.1, 0.15) is 0 Å². The SMILES string of the molecule is C=C(C)c1cccc2c(C)c(C)n(C)c12.CC.N#Cc1cc(C#N)cc(-c2ccc3c(c2)c2cc(-c4cc(C#N)cc(C#N)c4)ccc2n3-c2cccc3c2C(=O)N(c2c(-c4ccccc4)cc(-c4ccccc4)cc2-c2ccccc2)C3=O)c1. The van der Waals surface area contributed by atoms with Crippen LogP contribution >= 0.6 is 0 Å². The van der Waals surface area contributed by atoms with Crippen molar-refractivity contribution >= 4 is 55.8 Å². The number of hydrogen-bond donors (Lipinski definition) is 0. The second kappa shape index (κ2) is 23.1. The van der Waals surface area contributed by atoms with Crippen LogP contribution in [-0.2, 0) is 7.05 Å². The Morgan fingerprint density at radius 3 is 1.34 bits per heavy atom. The largest absolute Gasteiger partial charge is 0.347 e. The molecule has 0 saturated heterocycles. The van der Waals surface area contributed by atoms with Crippen molar-refractivity contribution in [3.63, 3.8) is 0 Å². The summed E-state index contributed by atoms with van der Waals surface area (Å²) in [5.41, 5.74) is 18.6. The number of aromatic nitrogens is 2. The number of amides is 2. The Bertz CT molecular complexity index is 4630. The Labute approximate surface area is 494 Å². The van der Waals surface area contributed by atoms with Crippen molar-refractivity contribution in [2.45, 2.75) is 34.6 Å². The van der Waals surface area contributed by atoms with Gasteiger partial charge in [0.05, 0.1) is 85.6 Å². The Morgan fingerprint density at radius 2 is 0.882 bits per heavy atom. The summed E-state index contributed by atoms with van der Waals surface area (Å²) in [4.78, 5) is 32.2. The lowest BCUT2D eigenvalue weighted by Gasteiger charge is -2.24. The van der Waals surface area contributed by atoms with Gasteiger partial charge in [0.2, 0.25) is 0 Å². The summed E-state index contributed by atoms with van der Waals surface area (Å²) >= 11 is 0. The average Bonchev–Trinajstić information content (AvgIpc) is 1.83. The van der Waals surface area contributed by atoms with E-state index in [-0.39, 0.29) is 11.1 Å². The Kier molecular flexibility index (Phi) is 15.0. The highest BCUT2D eigenvalue weighted by Crippen LogP contribution is 2.47. The molecule has 1 aliphatic heterocycles. The number of aryl methyl sites for hydroxylation is 2. The van der Waals surface area contributed by atoms with Crippen molar-refractivity contribution in [1.29, 1.82) is 21.0 Å². The van der Waals surface area contributed by atoms with Crippen molar-refractivity contribution in [1.82, 2.24) is 9.13 Å². The average molecular weight is 1100 g/mol. The molecule has 3 heterocycles. The summed E-state index contributed by atoms with van der Waals surface area (Å²) < 4.78 is 4.26. The van der Waals surface area contributed by atoms with Crippen LogP contribution in [0.1, 0.15) is 80.6 Å². The lowest BCUT2D eigenvalue weighted by molar-refractivity contribution is 0.0926. The Hall–Kier alpha value is -11.6. The molecule has 2 amide bonds. The van der Waals surface area contributed by atoms with E-state index in [4.69, 9.17) is 0 Å². The van der Waals surface area contributed by atoms with Gasteiger partial charge in [-0.05, 0) is 161 Å². The van der Waals surface area contributed by atoms with E-state index in [9.17, 15) is 21.0 Å². The molecule has 0 radical (unpaired) electrons. The van der Waals surface area contributed by atoms with Crippen LogP contribution in [-0.4, -0.2) is 20.9 Å². The summed E-state index contributed by atoms with van der Waals surface area (Å²) in [6.07, 6.45) is 0. The predicted molar refractivity (Wildman–Crippen MR) is 343 cm³/mol. The topological polar surface area (TPSA) is 142 Å². The molecule has 1 aliphatic rings. The zero-order chi connectivity index (χ0) is 59.6. The summed E-state index contributed by atoms with van der Waals surface area (Å²) in [6, 6.07) is 76.0. The quantitative estimate of drug-likeness (QED) is 0.139. The van der Waals surface area contributed by atoms with Crippen LogP contribution in [0.15, 0.2) is 219 Å². The molecule has 0 saturated carbocycles. The maximum atomic E-state index is 15.6. The maximum Gasteiger partial charge on any atom is 0.268 e. The molecule has 12 aromatic rings. The number of benzene rings is 10. The number of para-hydroxylation sites is 1. The van der Waals surface area contributed by atoms with Crippen molar-refractivity contribution in [2.24, 2.45) is 7.05 Å². The number of nitrogens with zero attached hydrogens (tertiary/aromatic N) is 7. The number of fused-ring (bicyclic) bond motifs is 5. The third kappa shape index (κ3) is 9.89. The highest BCUT2D eigenvalue weighted by Gasteiger charge is 2.42. The molecule has 0 bridgehead atoms. The standard InChI is InChI=1S/C60H32N6O2.C14H17N.C2H6/c61-33-37-23-38(34-62)26-46(25-37)44-19-21-54-52(29-44)53-30-45(47-27-39(35-63)24-40(28-47)36-64)20-22-55(53)65(54)56-18-10-17-49-57(56)60(68)66(59(49)67)58-50(42-13-6-2-7-14-42)31-48(41-11-4-1-5-12-41)32-51(58)43-15-8-3-9-16-43;1-9(2)12-7-6-8-13-10(3)11(4)15(5)14(12)13;1-2/h1-32H;6-8H,1H2,2-5H3;1-2H3. The van der Waals surface area contributed by atoms with Gasteiger partial charge in [-0.1, -0.05) is 148 Å². The molecule has 0 aliphatic carbocycles. The van der Waals surface area contributed by atoms with Gasteiger partial charge in [0.25, 0.3) is 11.8 Å². The van der Waals surface area contributed by atoms with E-state index in [1.54, 1.807) is 48.5 Å². The van der Waals surface area contributed by atoms with Crippen LogP contribution in [0.4, 0.5) is 5.69 Å². The van der Waals surface area contributed by atoms with Gasteiger partial charge < -0.3 is 9.13 Å². The lowest BCUT2D eigenvalue weighted by atomic mass is 9.90. The number of carbonyl (C=O) groups excluding carboxylic acids is 2. The molecule has 406 valence electrons. The molecule has 0 spiro atoms. The minimum atomic E-state index is -0.472. The number of carbonyl (C=O) groups is 2. The van der Waals surface area contributed by atoms with Crippen LogP contribution in [0, 0.1) is 59.2 Å². The number of hydrogen-bond acceptors (Lipinski definition) is 6. The molecule has 2 aromatic heterocycles. The van der Waals surface area contributed by atoms with E-state index >= 15 is 9.59 Å². The normalized spacial score (nSPS) is 11.4. The predicted octanol–water partition coefficient (Wildman–Crippen LogP) is 18.3. The first-order valence-electron chi connectivity index (χ1n) is 28.0. The maximum absolute atomic E-state index is 15.6. The zero-order valence-electron chi connectivity index (χ0n) is 47.9. The smallest absolute Gasteiger partial charge is 0.268 e. The number of rotatable bonds is 8. The van der Waals surface area contributed by atoms with Crippen LogP contribution in [0.2, 0.25) is 0 Å². The third-order valence-corrected chi connectivity index (χ3v) is 15.8. The van der Waals surface area contributed by atoms with E-state index in [0.29, 0.717) is 44.8 Å². The van der Waals surface area contributed by atoms with Crippen LogP contribution in [0.3, 0.4) is 0 Å². The number of nitriles is 4. The van der Waals surface area contributed by atoms with Crippen molar-refractivity contribution in [3.05, 3.63) is 269 Å². The number of anilines is 1. The highest BCUT2D eigenvalue weighted by molar-refractivity contribution is 6.37. The Balaban J connectivity index is 0.000000382. The molecule has 0 fully saturated rings. The van der Waals surface area contributed by atoms with Gasteiger partial charge in [-0.3, -0.25) is 9.59 Å². The highest BCUT2D eigenvalue weighted by atomic mass is 16.2. The fourth-order valence-corrected chi connectivity index (χ4v) is 11.7. The van der Waals surface area contributed by atoms with Crippen molar-refractivity contribution in [2.75, 3.05) is 4.90 Å². The van der Waals surface area contributed by atoms with E-state index < -0.39 is 11.8 Å². The zero-order valence-corrected chi connectivity index (χ0v) is 47.9. The molecule has 9 nitrogen and oxygen atoms in total. The van der Waals surface area contributed by atoms with Gasteiger partial charge in [0.15, 0.2) is 0 Å². The summed E-state index contributed by atoms with van der Waals surface area (Å²) in [6.45, 7) is 14.4. The van der Waals surface area contributed by atoms with Crippen LogP contribution in [0.25, 0.3) is 99.6 Å². The van der Waals surface area contributed by atoms with E-state index in [1.807, 2.05) is 152 Å². The van der Waals surface area contributed by atoms with Gasteiger partial charge in [-0.2, -0.15) is 21.0 Å². The summed E-state index contributed by atoms with van der Waals surface area (Å²) in [7, 11) is 2.12. The molecule has 0 N–H and O–H groups in total. The van der Waals surface area contributed by atoms with Crippen LogP contribution in [0.5, 0.6) is 0 Å². The monoisotopic (exact) mass is 1100 g/mol. The van der Waals surface area contributed by atoms with Gasteiger partial charge >= 0.3 is 0 Å². The lowest BCUT2D eigenvalue weighted by Crippen LogP contribution is -2.30. The van der Waals surface area contributed by atoms with E-state index in [2.05, 4.69) is 93.6 Å². The van der Waals surface area contributed by atoms with Gasteiger partial charge in [0, 0.05) is 45.6 Å². The Morgan fingerprint density at radius 1 is 0.435 bits per heavy atom. The first-order chi connectivity index (χ1) is 41.4. The fraction of sp³-hybridized carbons (Fsp3) is 0.0789. The minimum absolute atomic E-state index is 0.246. The summed E-state index contributed by atoms with van der Waals surface area (Å²) in [5.74, 6) is -0.921. The van der Waals surface area contributed by atoms with Crippen LogP contribution < -0.4 is 4.90 Å². The summed E-state index contributed by atoms with van der Waals surface area (Å²) in [5, 5.41) is 42.3. The molecule has 9 heteroatoms. The number of allylic oxidation sites excluding steroid dienone is 1.